The molecule has 0 saturated carbocycles. The molecule has 0 spiro atoms. The molecule has 76 valence electrons. The summed E-state index contributed by atoms with van der Waals surface area (Å²) in [7, 11) is 1.81. The molecule has 1 N–H and O–H groups in total. The van der Waals surface area contributed by atoms with Crippen LogP contribution in [0.3, 0.4) is 0 Å². The third-order valence-corrected chi connectivity index (χ3v) is 2.22. The van der Waals surface area contributed by atoms with E-state index in [0.29, 0.717) is 12.8 Å². The van der Waals surface area contributed by atoms with Crippen molar-refractivity contribution in [2.24, 2.45) is 0 Å². The van der Waals surface area contributed by atoms with Crippen molar-refractivity contribution >= 4 is 5.78 Å². The third-order valence-electron chi connectivity index (χ3n) is 2.22. The zero-order valence-electron chi connectivity index (χ0n) is 8.66. The Kier molecular flexibility index (Phi) is 4.26. The number of Topliss-reactive ketones (excluding diaryl/α,β-unsaturated/α-hetero) is 1. The molecule has 0 bridgehead atoms. The van der Waals surface area contributed by atoms with Crippen molar-refractivity contribution in [3.63, 3.8) is 0 Å². The molecule has 0 radical (unpaired) electrons. The number of aromatic nitrogens is 1. The van der Waals surface area contributed by atoms with Gasteiger partial charge in [0.15, 0.2) is 0 Å². The fourth-order valence-corrected chi connectivity index (χ4v) is 1.35. The van der Waals surface area contributed by atoms with Gasteiger partial charge >= 0.3 is 0 Å². The SMILES string of the molecule is CCC(=O)[C@H](Cc1ccccn1)NC. The Hall–Kier alpha value is -1.22. The number of nitrogens with one attached hydrogen (secondary N) is 1. The highest BCUT2D eigenvalue weighted by Gasteiger charge is 2.14. The zero-order valence-corrected chi connectivity index (χ0v) is 8.66. The number of likely N-dealkylation sites (N-methyl/N-ethyl adjacent to an activating group) is 1. The highest BCUT2D eigenvalue weighted by Crippen LogP contribution is 2.01. The fourth-order valence-electron chi connectivity index (χ4n) is 1.35. The number of carbonyl (C=O) groups excluding carboxylic acids is 1. The van der Waals surface area contributed by atoms with Crippen LogP contribution in [0.25, 0.3) is 0 Å². The molecule has 3 nitrogen and oxygen atoms in total. The minimum Gasteiger partial charge on any atom is -0.310 e. The second kappa shape index (κ2) is 5.50. The Morgan fingerprint density at radius 3 is 2.86 bits per heavy atom. The summed E-state index contributed by atoms with van der Waals surface area (Å²) in [6.45, 7) is 1.88. The summed E-state index contributed by atoms with van der Waals surface area (Å²) >= 11 is 0. The van der Waals surface area contributed by atoms with Crippen LogP contribution in [0.2, 0.25) is 0 Å². The smallest absolute Gasteiger partial charge is 0.149 e. The summed E-state index contributed by atoms with van der Waals surface area (Å²) in [6, 6.07) is 5.65. The van der Waals surface area contributed by atoms with Gasteiger partial charge in [-0.3, -0.25) is 9.78 Å². The van der Waals surface area contributed by atoms with Crippen molar-refractivity contribution in [1.29, 1.82) is 0 Å². The molecular formula is C11H16N2O. The topological polar surface area (TPSA) is 42.0 Å². The molecule has 14 heavy (non-hydrogen) atoms. The Morgan fingerprint density at radius 2 is 2.36 bits per heavy atom. The number of carbonyl (C=O) groups is 1. The van der Waals surface area contributed by atoms with Crippen LogP contribution >= 0.6 is 0 Å². The summed E-state index contributed by atoms with van der Waals surface area (Å²) in [5.41, 5.74) is 0.952. The van der Waals surface area contributed by atoms with Crippen LogP contribution in [-0.2, 0) is 11.2 Å². The first-order chi connectivity index (χ1) is 6.77. The summed E-state index contributed by atoms with van der Waals surface area (Å²) in [4.78, 5) is 15.6. The summed E-state index contributed by atoms with van der Waals surface area (Å²) in [6.07, 6.45) is 2.99. The molecule has 1 atom stereocenters. The lowest BCUT2D eigenvalue weighted by Crippen LogP contribution is -2.35. The molecule has 0 aliphatic heterocycles. The number of nitrogens with zero attached hydrogens (tertiary/aromatic N) is 1. The summed E-state index contributed by atoms with van der Waals surface area (Å²) in [5, 5.41) is 3.01. The monoisotopic (exact) mass is 192 g/mol. The van der Waals surface area contributed by atoms with E-state index in [0.717, 1.165) is 5.69 Å². The molecule has 3 heteroatoms. The predicted octanol–water partition coefficient (Wildman–Crippen LogP) is 1.19. The number of pyridine rings is 1. The van der Waals surface area contributed by atoms with Crippen molar-refractivity contribution in [2.45, 2.75) is 25.8 Å². The van der Waals surface area contributed by atoms with Crippen LogP contribution in [0.4, 0.5) is 0 Å². The van der Waals surface area contributed by atoms with Crippen molar-refractivity contribution in [3.05, 3.63) is 30.1 Å². The van der Waals surface area contributed by atoms with Gasteiger partial charge in [0.25, 0.3) is 0 Å². The Bertz CT molecular complexity index is 285. The normalized spacial score (nSPS) is 12.4. The second-order valence-corrected chi connectivity index (χ2v) is 3.19. The van der Waals surface area contributed by atoms with E-state index in [9.17, 15) is 4.79 Å². The average molecular weight is 192 g/mol. The van der Waals surface area contributed by atoms with Gasteiger partial charge in [0.2, 0.25) is 0 Å². The first kappa shape index (κ1) is 10.9. The molecule has 1 aromatic rings. The maximum atomic E-state index is 11.5. The van der Waals surface area contributed by atoms with Crippen molar-refractivity contribution in [3.8, 4) is 0 Å². The number of rotatable bonds is 5. The van der Waals surface area contributed by atoms with E-state index in [2.05, 4.69) is 10.3 Å². The second-order valence-electron chi connectivity index (χ2n) is 3.19. The van der Waals surface area contributed by atoms with E-state index >= 15 is 0 Å². The van der Waals surface area contributed by atoms with Crippen molar-refractivity contribution in [2.75, 3.05) is 7.05 Å². The Morgan fingerprint density at radius 1 is 1.57 bits per heavy atom. The van der Waals surface area contributed by atoms with Crippen molar-refractivity contribution < 1.29 is 4.79 Å². The Labute approximate surface area is 84.6 Å². The zero-order chi connectivity index (χ0) is 10.4. The standard InChI is InChI=1S/C11H16N2O/c1-3-11(14)10(12-2)8-9-6-4-5-7-13-9/h4-7,10,12H,3,8H2,1-2H3/t10-/m0/s1. The molecule has 0 saturated heterocycles. The van der Waals surface area contributed by atoms with Gasteiger partial charge in [0.1, 0.15) is 5.78 Å². The van der Waals surface area contributed by atoms with Gasteiger partial charge in [-0.05, 0) is 19.2 Å². The lowest BCUT2D eigenvalue weighted by atomic mass is 10.0. The largest absolute Gasteiger partial charge is 0.310 e. The molecular weight excluding hydrogens is 176 g/mol. The maximum Gasteiger partial charge on any atom is 0.149 e. The molecule has 0 fully saturated rings. The number of ketones is 1. The highest BCUT2D eigenvalue weighted by molar-refractivity contribution is 5.83. The van der Waals surface area contributed by atoms with Crippen molar-refractivity contribution in [1.82, 2.24) is 10.3 Å². The predicted molar refractivity (Wildman–Crippen MR) is 56.1 cm³/mol. The van der Waals surface area contributed by atoms with Gasteiger partial charge in [-0.15, -0.1) is 0 Å². The van der Waals surface area contributed by atoms with Crippen LogP contribution in [0.5, 0.6) is 0 Å². The van der Waals surface area contributed by atoms with Gasteiger partial charge in [-0.1, -0.05) is 13.0 Å². The minimum absolute atomic E-state index is 0.102. The van der Waals surface area contributed by atoms with Gasteiger partial charge in [-0.25, -0.2) is 0 Å². The Balaban J connectivity index is 2.62. The number of hydrogen-bond acceptors (Lipinski definition) is 3. The molecule has 1 aromatic heterocycles. The van der Waals surface area contributed by atoms with Gasteiger partial charge in [0.05, 0.1) is 6.04 Å². The molecule has 0 amide bonds. The van der Waals surface area contributed by atoms with E-state index in [-0.39, 0.29) is 11.8 Å². The van der Waals surface area contributed by atoms with Crippen LogP contribution in [0.1, 0.15) is 19.0 Å². The third kappa shape index (κ3) is 2.92. The van der Waals surface area contributed by atoms with Gasteiger partial charge < -0.3 is 5.32 Å². The molecule has 0 aliphatic rings. The quantitative estimate of drug-likeness (QED) is 0.762. The van der Waals surface area contributed by atoms with E-state index in [1.165, 1.54) is 0 Å². The van der Waals surface area contributed by atoms with Crippen LogP contribution < -0.4 is 5.32 Å². The first-order valence-corrected chi connectivity index (χ1v) is 4.87. The van der Waals surface area contributed by atoms with E-state index in [1.54, 1.807) is 13.2 Å². The molecule has 0 unspecified atom stereocenters. The van der Waals surface area contributed by atoms with E-state index in [4.69, 9.17) is 0 Å². The maximum absolute atomic E-state index is 11.5. The number of hydrogen-bond donors (Lipinski definition) is 1. The van der Waals surface area contributed by atoms with Gasteiger partial charge in [-0.2, -0.15) is 0 Å². The lowest BCUT2D eigenvalue weighted by Gasteiger charge is -2.12. The molecule has 0 aromatic carbocycles. The summed E-state index contributed by atoms with van der Waals surface area (Å²) < 4.78 is 0. The summed E-state index contributed by atoms with van der Waals surface area (Å²) in [5.74, 6) is 0.234. The lowest BCUT2D eigenvalue weighted by molar-refractivity contribution is -0.120. The van der Waals surface area contributed by atoms with E-state index < -0.39 is 0 Å². The van der Waals surface area contributed by atoms with Crippen LogP contribution in [0.15, 0.2) is 24.4 Å². The molecule has 1 rings (SSSR count). The highest BCUT2D eigenvalue weighted by atomic mass is 16.1. The van der Waals surface area contributed by atoms with Crippen LogP contribution in [-0.4, -0.2) is 23.9 Å². The molecule has 0 aliphatic carbocycles. The van der Waals surface area contributed by atoms with E-state index in [1.807, 2.05) is 25.1 Å². The molecule has 1 heterocycles. The first-order valence-electron chi connectivity index (χ1n) is 4.87. The van der Waals surface area contributed by atoms with Gasteiger partial charge in [0, 0.05) is 24.7 Å². The van der Waals surface area contributed by atoms with Crippen LogP contribution in [0, 0.1) is 0 Å². The minimum atomic E-state index is -0.102. The fraction of sp³-hybridized carbons (Fsp3) is 0.455. The average Bonchev–Trinajstić information content (AvgIpc) is 2.26.